The monoisotopic (exact) mass is 536 g/mol. The highest BCUT2D eigenvalue weighted by Gasteiger charge is 2.36. The maximum atomic E-state index is 12.8. The molecule has 0 atom stereocenters. The Hall–Kier alpha value is -2.75. The van der Waals surface area contributed by atoms with E-state index in [1.807, 2.05) is 0 Å². The van der Waals surface area contributed by atoms with Crippen molar-refractivity contribution in [3.8, 4) is 11.5 Å². The Balaban J connectivity index is 1.77. The average Bonchev–Trinajstić information content (AvgIpc) is 3.02. The topological polar surface area (TPSA) is 84.9 Å². The second kappa shape index (κ2) is 10.7. The standard InChI is InChI=1S/C22H18BrClN2O5S/c1-3-9-31-20-13(5-4-6-17(20)30-2)10-18-21(28)26(22(29)32-18)12-19(27)25-14-7-8-15(23)16(24)11-14/h3-8,10-11H,1,9,12H2,2H3,(H,25,27)/b18-10-. The Kier molecular flexibility index (Phi) is 8.00. The van der Waals surface area contributed by atoms with Crippen molar-refractivity contribution in [1.82, 2.24) is 4.90 Å². The third-order valence-electron chi connectivity index (χ3n) is 4.24. The van der Waals surface area contributed by atoms with Crippen molar-refractivity contribution in [2.75, 3.05) is 25.6 Å². The first-order chi connectivity index (χ1) is 15.3. The Morgan fingerprint density at radius 3 is 2.78 bits per heavy atom. The van der Waals surface area contributed by atoms with Crippen LogP contribution >= 0.6 is 39.3 Å². The molecule has 1 heterocycles. The van der Waals surface area contributed by atoms with E-state index in [-0.39, 0.29) is 11.5 Å². The van der Waals surface area contributed by atoms with E-state index in [4.69, 9.17) is 21.1 Å². The van der Waals surface area contributed by atoms with Gasteiger partial charge in [0.2, 0.25) is 5.91 Å². The lowest BCUT2D eigenvalue weighted by atomic mass is 10.1. The van der Waals surface area contributed by atoms with Gasteiger partial charge in [0, 0.05) is 15.7 Å². The van der Waals surface area contributed by atoms with Gasteiger partial charge in [0.1, 0.15) is 13.2 Å². The van der Waals surface area contributed by atoms with Crippen LogP contribution in [0.5, 0.6) is 11.5 Å². The van der Waals surface area contributed by atoms with E-state index in [1.165, 1.54) is 13.2 Å². The van der Waals surface area contributed by atoms with Crippen LogP contribution in [0.2, 0.25) is 5.02 Å². The molecule has 1 saturated heterocycles. The summed E-state index contributed by atoms with van der Waals surface area (Å²) in [5.41, 5.74) is 1.01. The zero-order valence-electron chi connectivity index (χ0n) is 16.9. The van der Waals surface area contributed by atoms with Crippen LogP contribution in [0.15, 0.2) is 58.4 Å². The minimum Gasteiger partial charge on any atom is -0.493 e. The number of amides is 3. The largest absolute Gasteiger partial charge is 0.493 e. The lowest BCUT2D eigenvalue weighted by Gasteiger charge is -2.13. The fraction of sp³-hybridized carbons (Fsp3) is 0.136. The first-order valence-electron chi connectivity index (χ1n) is 9.25. The quantitative estimate of drug-likeness (QED) is 0.361. The van der Waals surface area contributed by atoms with Crippen molar-refractivity contribution in [1.29, 1.82) is 0 Å². The van der Waals surface area contributed by atoms with E-state index in [9.17, 15) is 14.4 Å². The molecule has 0 spiro atoms. The van der Waals surface area contributed by atoms with Crippen LogP contribution in [0.25, 0.3) is 6.08 Å². The molecule has 166 valence electrons. The molecule has 1 aliphatic rings. The Labute approximate surface area is 202 Å². The molecule has 2 aromatic rings. The summed E-state index contributed by atoms with van der Waals surface area (Å²) in [7, 11) is 1.50. The Morgan fingerprint density at radius 1 is 1.31 bits per heavy atom. The van der Waals surface area contributed by atoms with Crippen LogP contribution in [0.1, 0.15) is 5.56 Å². The third kappa shape index (κ3) is 5.53. The van der Waals surface area contributed by atoms with Gasteiger partial charge in [-0.3, -0.25) is 19.3 Å². The number of halogens is 2. The van der Waals surface area contributed by atoms with Crippen molar-refractivity contribution >= 4 is 68.1 Å². The summed E-state index contributed by atoms with van der Waals surface area (Å²) < 4.78 is 11.7. The van der Waals surface area contributed by atoms with Crippen molar-refractivity contribution in [2.24, 2.45) is 0 Å². The van der Waals surface area contributed by atoms with E-state index in [0.29, 0.717) is 32.2 Å². The van der Waals surface area contributed by atoms with Gasteiger partial charge in [-0.2, -0.15) is 0 Å². The number of ether oxygens (including phenoxy) is 2. The number of nitrogens with one attached hydrogen (secondary N) is 1. The van der Waals surface area contributed by atoms with Crippen LogP contribution in [0.4, 0.5) is 10.5 Å². The molecule has 0 radical (unpaired) electrons. The summed E-state index contributed by atoms with van der Waals surface area (Å²) in [6, 6.07) is 10.1. The molecule has 3 rings (SSSR count). The van der Waals surface area contributed by atoms with Crippen LogP contribution in [-0.4, -0.2) is 42.2 Å². The van der Waals surface area contributed by atoms with Gasteiger partial charge in [0.15, 0.2) is 11.5 Å². The SMILES string of the molecule is C=CCOc1c(/C=C2\SC(=O)N(CC(=O)Nc3ccc(Br)c(Cl)c3)C2=O)cccc1OC. The van der Waals surface area contributed by atoms with Gasteiger partial charge in [0.25, 0.3) is 11.1 Å². The Bertz CT molecular complexity index is 1120. The summed E-state index contributed by atoms with van der Waals surface area (Å²) >= 11 is 10.0. The van der Waals surface area contributed by atoms with Gasteiger partial charge in [-0.1, -0.05) is 36.4 Å². The fourth-order valence-electron chi connectivity index (χ4n) is 2.80. The maximum Gasteiger partial charge on any atom is 0.294 e. The zero-order valence-corrected chi connectivity index (χ0v) is 20.1. The molecule has 1 fully saturated rings. The zero-order chi connectivity index (χ0) is 23.3. The number of thioether (sulfide) groups is 1. The van der Waals surface area contributed by atoms with E-state index in [0.717, 1.165) is 16.7 Å². The number of carbonyl (C=O) groups excluding carboxylic acids is 3. The summed E-state index contributed by atoms with van der Waals surface area (Å²) in [5, 5.41) is 2.51. The first kappa shape index (κ1) is 23.9. The lowest BCUT2D eigenvalue weighted by molar-refractivity contribution is -0.127. The van der Waals surface area contributed by atoms with Gasteiger partial charge in [-0.05, 0) is 58.0 Å². The summed E-state index contributed by atoms with van der Waals surface area (Å²) in [6.07, 6.45) is 3.12. The molecule has 0 bridgehead atoms. The molecule has 7 nitrogen and oxygen atoms in total. The molecule has 1 aliphatic heterocycles. The van der Waals surface area contributed by atoms with Crippen LogP contribution in [0.3, 0.4) is 0 Å². The average molecular weight is 538 g/mol. The highest BCUT2D eigenvalue weighted by atomic mass is 79.9. The van der Waals surface area contributed by atoms with Gasteiger partial charge >= 0.3 is 0 Å². The van der Waals surface area contributed by atoms with Gasteiger partial charge < -0.3 is 14.8 Å². The summed E-state index contributed by atoms with van der Waals surface area (Å²) in [4.78, 5) is 38.7. The van der Waals surface area contributed by atoms with Crippen LogP contribution < -0.4 is 14.8 Å². The predicted molar refractivity (Wildman–Crippen MR) is 129 cm³/mol. The predicted octanol–water partition coefficient (Wildman–Crippen LogP) is 5.35. The highest BCUT2D eigenvalue weighted by Crippen LogP contribution is 2.37. The minimum absolute atomic E-state index is 0.172. The number of nitrogens with zero attached hydrogens (tertiary/aromatic N) is 1. The smallest absolute Gasteiger partial charge is 0.294 e. The molecule has 3 amide bonds. The van der Waals surface area contributed by atoms with Crippen molar-refractivity contribution in [3.63, 3.8) is 0 Å². The molecule has 0 aliphatic carbocycles. The number of hydrogen-bond acceptors (Lipinski definition) is 6. The molecule has 1 N–H and O–H groups in total. The number of carbonyl (C=O) groups is 3. The highest BCUT2D eigenvalue weighted by molar-refractivity contribution is 9.10. The second-order valence-corrected chi connectivity index (χ2v) is 8.68. The number of para-hydroxylation sites is 1. The third-order valence-corrected chi connectivity index (χ3v) is 6.38. The van der Waals surface area contributed by atoms with Gasteiger partial charge in [-0.15, -0.1) is 0 Å². The molecule has 10 heteroatoms. The minimum atomic E-state index is -0.568. The maximum absolute atomic E-state index is 12.8. The van der Waals surface area contributed by atoms with E-state index in [1.54, 1.807) is 42.5 Å². The number of methoxy groups -OCH3 is 1. The number of rotatable bonds is 8. The van der Waals surface area contributed by atoms with Crippen molar-refractivity contribution in [3.05, 3.63) is 69.0 Å². The number of imide groups is 1. The van der Waals surface area contributed by atoms with E-state index >= 15 is 0 Å². The van der Waals surface area contributed by atoms with E-state index < -0.39 is 23.6 Å². The summed E-state index contributed by atoms with van der Waals surface area (Å²) in [6.45, 7) is 3.44. The fourth-order valence-corrected chi connectivity index (χ4v) is 4.06. The van der Waals surface area contributed by atoms with E-state index in [2.05, 4.69) is 27.8 Å². The molecular formula is C22H18BrClN2O5S. The molecule has 0 unspecified atom stereocenters. The molecule has 2 aromatic carbocycles. The molecule has 32 heavy (non-hydrogen) atoms. The van der Waals surface area contributed by atoms with Crippen LogP contribution in [-0.2, 0) is 9.59 Å². The van der Waals surface area contributed by atoms with Crippen molar-refractivity contribution in [2.45, 2.75) is 0 Å². The van der Waals surface area contributed by atoms with Crippen molar-refractivity contribution < 1.29 is 23.9 Å². The summed E-state index contributed by atoms with van der Waals surface area (Å²) in [5.74, 6) is -0.191. The molecule has 0 aromatic heterocycles. The van der Waals surface area contributed by atoms with Gasteiger partial charge in [-0.25, -0.2) is 0 Å². The number of anilines is 1. The normalized spacial score (nSPS) is 14.6. The van der Waals surface area contributed by atoms with Crippen LogP contribution in [0, 0.1) is 0 Å². The van der Waals surface area contributed by atoms with Gasteiger partial charge in [0.05, 0.1) is 17.0 Å². The number of hydrogen-bond donors (Lipinski definition) is 1. The molecular weight excluding hydrogens is 520 g/mol. The first-order valence-corrected chi connectivity index (χ1v) is 11.2. The second-order valence-electron chi connectivity index (χ2n) is 6.42. The number of benzene rings is 2. The Morgan fingerprint density at radius 2 is 2.09 bits per heavy atom. The molecule has 0 saturated carbocycles. The lowest BCUT2D eigenvalue weighted by Crippen LogP contribution is -2.36.